The van der Waals surface area contributed by atoms with Crippen molar-refractivity contribution in [3.05, 3.63) is 71.2 Å². The van der Waals surface area contributed by atoms with Crippen LogP contribution in [0.2, 0.25) is 0 Å². The largest absolute Gasteiger partial charge is 0.339 e. The number of rotatable bonds is 6. The SMILES string of the molecule is Cc1cnc(Nc2ccc(C3CCN(C)CC3)c(F)c2)nc1-c1ccc(C(=O)NCC#N)cc1. The summed E-state index contributed by atoms with van der Waals surface area (Å²) in [4.78, 5) is 23.2. The van der Waals surface area contributed by atoms with Gasteiger partial charge in [-0.2, -0.15) is 5.26 Å². The van der Waals surface area contributed by atoms with Crippen molar-refractivity contribution < 1.29 is 9.18 Å². The number of benzene rings is 2. The Morgan fingerprint density at radius 2 is 1.94 bits per heavy atom. The summed E-state index contributed by atoms with van der Waals surface area (Å²) in [6.45, 7) is 3.83. The van der Waals surface area contributed by atoms with Crippen molar-refractivity contribution in [2.75, 3.05) is 32.0 Å². The zero-order valence-electron chi connectivity index (χ0n) is 19.3. The van der Waals surface area contributed by atoms with Gasteiger partial charge in [0.1, 0.15) is 12.4 Å². The Kier molecular flexibility index (Phi) is 7.14. The summed E-state index contributed by atoms with van der Waals surface area (Å²) in [6.07, 6.45) is 3.63. The number of amides is 1. The summed E-state index contributed by atoms with van der Waals surface area (Å²) in [5, 5.41) is 14.2. The fourth-order valence-electron chi connectivity index (χ4n) is 4.18. The monoisotopic (exact) mass is 458 g/mol. The minimum Gasteiger partial charge on any atom is -0.339 e. The lowest BCUT2D eigenvalue weighted by Gasteiger charge is -2.29. The maximum Gasteiger partial charge on any atom is 0.252 e. The number of nitrogens with one attached hydrogen (secondary N) is 2. The first kappa shape index (κ1) is 23.3. The van der Waals surface area contributed by atoms with E-state index in [0.29, 0.717) is 22.9 Å². The molecule has 0 unspecified atom stereocenters. The molecule has 7 nitrogen and oxygen atoms in total. The number of nitrogens with zero attached hydrogens (tertiary/aromatic N) is 4. The molecule has 2 aromatic carbocycles. The molecule has 8 heteroatoms. The number of aromatic nitrogens is 2. The molecule has 1 aliphatic heterocycles. The van der Waals surface area contributed by atoms with Crippen LogP contribution in [0.1, 0.15) is 40.2 Å². The molecule has 1 saturated heterocycles. The Bertz CT molecular complexity index is 1210. The molecule has 1 fully saturated rings. The normalized spacial score (nSPS) is 14.4. The van der Waals surface area contributed by atoms with E-state index < -0.39 is 0 Å². The third kappa shape index (κ3) is 5.38. The summed E-state index contributed by atoms with van der Waals surface area (Å²) in [6, 6.07) is 14.1. The quantitative estimate of drug-likeness (QED) is 0.532. The second-order valence-corrected chi connectivity index (χ2v) is 8.58. The number of anilines is 2. The highest BCUT2D eigenvalue weighted by Crippen LogP contribution is 2.31. The van der Waals surface area contributed by atoms with Crippen molar-refractivity contribution in [3.63, 3.8) is 0 Å². The van der Waals surface area contributed by atoms with E-state index in [1.165, 1.54) is 6.07 Å². The number of carbonyl (C=O) groups excluding carboxylic acids is 1. The van der Waals surface area contributed by atoms with Gasteiger partial charge in [0.25, 0.3) is 5.91 Å². The van der Waals surface area contributed by atoms with Gasteiger partial charge in [0.05, 0.1) is 11.8 Å². The van der Waals surface area contributed by atoms with Crippen molar-refractivity contribution in [1.82, 2.24) is 20.2 Å². The number of piperidine rings is 1. The maximum atomic E-state index is 14.9. The fraction of sp³-hybridized carbons (Fsp3) is 0.308. The molecule has 0 bridgehead atoms. The van der Waals surface area contributed by atoms with Crippen molar-refractivity contribution in [1.29, 1.82) is 5.26 Å². The molecule has 3 aromatic rings. The molecule has 0 aliphatic carbocycles. The van der Waals surface area contributed by atoms with E-state index in [1.54, 1.807) is 30.5 Å². The van der Waals surface area contributed by atoms with Gasteiger partial charge in [0, 0.05) is 23.0 Å². The Balaban J connectivity index is 1.50. The topological polar surface area (TPSA) is 93.9 Å². The average molecular weight is 459 g/mol. The minimum absolute atomic E-state index is 0.0415. The Morgan fingerprint density at radius 3 is 2.62 bits per heavy atom. The minimum atomic E-state index is -0.305. The molecule has 34 heavy (non-hydrogen) atoms. The first-order valence-electron chi connectivity index (χ1n) is 11.3. The summed E-state index contributed by atoms with van der Waals surface area (Å²) >= 11 is 0. The van der Waals surface area contributed by atoms with E-state index >= 15 is 0 Å². The lowest BCUT2D eigenvalue weighted by Crippen LogP contribution is -2.29. The zero-order chi connectivity index (χ0) is 24.1. The van der Waals surface area contributed by atoms with Crippen molar-refractivity contribution in [2.45, 2.75) is 25.7 Å². The molecule has 0 radical (unpaired) electrons. The van der Waals surface area contributed by atoms with Crippen LogP contribution < -0.4 is 10.6 Å². The lowest BCUT2D eigenvalue weighted by atomic mass is 9.89. The molecule has 2 heterocycles. The van der Waals surface area contributed by atoms with Crippen LogP contribution in [0.15, 0.2) is 48.7 Å². The predicted molar refractivity (Wildman–Crippen MR) is 129 cm³/mol. The molecule has 2 N–H and O–H groups in total. The number of aryl methyl sites for hydroxylation is 1. The van der Waals surface area contributed by atoms with E-state index in [-0.39, 0.29) is 24.2 Å². The molecule has 174 valence electrons. The number of hydrogen-bond acceptors (Lipinski definition) is 6. The number of carbonyl (C=O) groups is 1. The molecule has 0 spiro atoms. The fourth-order valence-corrected chi connectivity index (χ4v) is 4.18. The van der Waals surface area contributed by atoms with E-state index in [1.807, 2.05) is 25.1 Å². The highest BCUT2D eigenvalue weighted by molar-refractivity contribution is 5.94. The Hall–Kier alpha value is -3.83. The van der Waals surface area contributed by atoms with Crippen LogP contribution in [-0.2, 0) is 0 Å². The van der Waals surface area contributed by atoms with Gasteiger partial charge >= 0.3 is 0 Å². The first-order chi connectivity index (χ1) is 16.4. The molecule has 1 aliphatic rings. The van der Waals surface area contributed by atoms with E-state index in [4.69, 9.17) is 5.26 Å². The molecule has 0 atom stereocenters. The van der Waals surface area contributed by atoms with Gasteiger partial charge in [0.2, 0.25) is 5.95 Å². The van der Waals surface area contributed by atoms with E-state index in [2.05, 4.69) is 32.5 Å². The van der Waals surface area contributed by atoms with Crippen molar-refractivity contribution in [3.8, 4) is 17.3 Å². The number of likely N-dealkylation sites (tertiary alicyclic amines) is 1. The summed E-state index contributed by atoms with van der Waals surface area (Å²) in [5.74, 6) is 0.0954. The first-order valence-corrected chi connectivity index (χ1v) is 11.3. The predicted octanol–water partition coefficient (Wildman–Crippen LogP) is 4.40. The molecule has 1 amide bonds. The van der Waals surface area contributed by atoms with Crippen molar-refractivity contribution in [2.24, 2.45) is 0 Å². The van der Waals surface area contributed by atoms with Crippen LogP contribution in [-0.4, -0.2) is 47.5 Å². The Morgan fingerprint density at radius 1 is 1.21 bits per heavy atom. The van der Waals surface area contributed by atoms with Crippen LogP contribution in [0.25, 0.3) is 11.3 Å². The van der Waals surface area contributed by atoms with Crippen LogP contribution in [0.5, 0.6) is 0 Å². The van der Waals surface area contributed by atoms with Crippen LogP contribution in [0.4, 0.5) is 16.0 Å². The van der Waals surface area contributed by atoms with Crippen LogP contribution in [0, 0.1) is 24.1 Å². The maximum absolute atomic E-state index is 14.9. The number of nitriles is 1. The molecular weight excluding hydrogens is 431 g/mol. The molecule has 4 rings (SSSR count). The van der Waals surface area contributed by atoms with E-state index in [9.17, 15) is 9.18 Å². The van der Waals surface area contributed by atoms with Gasteiger partial charge in [-0.25, -0.2) is 14.4 Å². The highest BCUT2D eigenvalue weighted by atomic mass is 19.1. The van der Waals surface area contributed by atoms with Gasteiger partial charge in [-0.1, -0.05) is 18.2 Å². The van der Waals surface area contributed by atoms with Crippen LogP contribution in [0.3, 0.4) is 0 Å². The third-order valence-electron chi connectivity index (χ3n) is 6.14. The smallest absolute Gasteiger partial charge is 0.252 e. The highest BCUT2D eigenvalue weighted by Gasteiger charge is 2.21. The molecule has 1 aromatic heterocycles. The van der Waals surface area contributed by atoms with Crippen molar-refractivity contribution >= 4 is 17.5 Å². The molecule has 0 saturated carbocycles. The van der Waals surface area contributed by atoms with Gasteiger partial charge in [0.15, 0.2) is 0 Å². The van der Waals surface area contributed by atoms with Crippen LogP contribution >= 0.6 is 0 Å². The molecular formula is C26H27FN6O. The summed E-state index contributed by atoms with van der Waals surface area (Å²) in [5.41, 5.74) is 4.23. The van der Waals surface area contributed by atoms with Gasteiger partial charge < -0.3 is 15.5 Å². The lowest BCUT2D eigenvalue weighted by molar-refractivity contribution is 0.0958. The second kappa shape index (κ2) is 10.4. The van der Waals surface area contributed by atoms with Gasteiger partial charge in [-0.3, -0.25) is 4.79 Å². The number of hydrogen-bond donors (Lipinski definition) is 2. The summed E-state index contributed by atoms with van der Waals surface area (Å²) < 4.78 is 14.9. The second-order valence-electron chi connectivity index (χ2n) is 8.58. The summed E-state index contributed by atoms with van der Waals surface area (Å²) in [7, 11) is 2.09. The standard InChI is InChI=1S/C26H27FN6O/c1-17-16-30-26(32-24(17)19-3-5-20(6-4-19)25(34)29-12-11-28)31-21-7-8-22(23(27)15-21)18-9-13-33(2)14-10-18/h3-8,15-16,18H,9-10,12-14H2,1-2H3,(H,29,34)(H,30,31,32). The average Bonchev–Trinajstić information content (AvgIpc) is 2.85. The Labute approximate surface area is 198 Å². The number of halogens is 1. The zero-order valence-corrected chi connectivity index (χ0v) is 19.3. The van der Waals surface area contributed by atoms with E-state index in [0.717, 1.165) is 42.6 Å². The third-order valence-corrected chi connectivity index (χ3v) is 6.14. The van der Waals surface area contributed by atoms with Gasteiger partial charge in [-0.15, -0.1) is 0 Å². The van der Waals surface area contributed by atoms with Gasteiger partial charge in [-0.05, 0) is 81.2 Å².